The molecule has 2 unspecified atom stereocenters. The van der Waals surface area contributed by atoms with Crippen LogP contribution in [0.4, 0.5) is 0 Å². The van der Waals surface area contributed by atoms with E-state index in [0.717, 1.165) is 24.0 Å². The number of nitrogens with one attached hydrogen (secondary N) is 1. The lowest BCUT2D eigenvalue weighted by Crippen LogP contribution is -2.57. The summed E-state index contributed by atoms with van der Waals surface area (Å²) in [5.74, 6) is 0.897. The Hall–Kier alpha value is -0.0800. The second-order valence-electron chi connectivity index (χ2n) is 9.05. The van der Waals surface area contributed by atoms with Gasteiger partial charge in [0.1, 0.15) is 0 Å². The fourth-order valence-electron chi connectivity index (χ4n) is 5.29. The Morgan fingerprint density at radius 2 is 1.57 bits per heavy atom. The molecule has 122 valence electrons. The molecule has 1 aliphatic carbocycles. The van der Waals surface area contributed by atoms with E-state index in [4.69, 9.17) is 0 Å². The lowest BCUT2D eigenvalue weighted by Gasteiger charge is -2.49. The van der Waals surface area contributed by atoms with E-state index in [1.165, 1.54) is 51.6 Å². The van der Waals surface area contributed by atoms with Crippen LogP contribution in [0.15, 0.2) is 0 Å². The summed E-state index contributed by atoms with van der Waals surface area (Å²) < 4.78 is 0. The molecule has 1 saturated carbocycles. The number of nitrogens with zero attached hydrogens (tertiary/aromatic N) is 1. The average molecular weight is 293 g/mol. The Balaban J connectivity index is 1.62. The van der Waals surface area contributed by atoms with Gasteiger partial charge in [0.2, 0.25) is 0 Å². The highest BCUT2D eigenvalue weighted by molar-refractivity contribution is 5.14. The minimum atomic E-state index is 0.540. The summed E-state index contributed by atoms with van der Waals surface area (Å²) in [7, 11) is 0. The van der Waals surface area contributed by atoms with E-state index in [1.54, 1.807) is 0 Å². The van der Waals surface area contributed by atoms with Crippen LogP contribution in [0.1, 0.15) is 73.1 Å². The molecule has 2 nitrogen and oxygen atoms in total. The Morgan fingerprint density at radius 1 is 1.00 bits per heavy atom. The zero-order valence-electron chi connectivity index (χ0n) is 14.9. The molecule has 0 aromatic rings. The second kappa shape index (κ2) is 5.53. The summed E-state index contributed by atoms with van der Waals surface area (Å²) >= 11 is 0. The van der Waals surface area contributed by atoms with Gasteiger partial charge in [0, 0.05) is 24.7 Å². The van der Waals surface area contributed by atoms with Crippen LogP contribution >= 0.6 is 0 Å². The number of rotatable bonds is 5. The first kappa shape index (κ1) is 15.8. The quantitative estimate of drug-likeness (QED) is 0.822. The fraction of sp³-hybridized carbons (Fsp3) is 1.00. The molecule has 21 heavy (non-hydrogen) atoms. The van der Waals surface area contributed by atoms with Crippen molar-refractivity contribution in [3.05, 3.63) is 0 Å². The summed E-state index contributed by atoms with van der Waals surface area (Å²) in [6.45, 7) is 14.7. The number of piperidine rings is 2. The first-order valence-corrected chi connectivity index (χ1v) is 9.37. The van der Waals surface area contributed by atoms with E-state index in [2.05, 4.69) is 44.8 Å². The van der Waals surface area contributed by atoms with Gasteiger partial charge in [0.25, 0.3) is 0 Å². The number of fused-ring (bicyclic) bond motifs is 2. The molecule has 1 N–H and O–H groups in total. The Kier molecular flexibility index (Phi) is 4.16. The van der Waals surface area contributed by atoms with Crippen molar-refractivity contribution in [3.8, 4) is 0 Å². The predicted octanol–water partition coefficient (Wildman–Crippen LogP) is 4.05. The molecule has 2 heterocycles. The number of hydrogen-bond donors (Lipinski definition) is 1. The summed E-state index contributed by atoms with van der Waals surface area (Å²) in [5.41, 5.74) is 1.08. The van der Waals surface area contributed by atoms with Crippen LogP contribution in [-0.4, -0.2) is 36.1 Å². The molecule has 2 bridgehead atoms. The van der Waals surface area contributed by atoms with Crippen molar-refractivity contribution in [2.45, 2.75) is 91.3 Å². The van der Waals surface area contributed by atoms with Gasteiger partial charge in [-0.05, 0) is 55.4 Å². The third kappa shape index (κ3) is 2.67. The van der Waals surface area contributed by atoms with Crippen LogP contribution < -0.4 is 5.32 Å². The largest absolute Gasteiger partial charge is 0.314 e. The standard InChI is InChI=1S/C19H36N2/c1-6-10-20-14-11-15-8-7-9-16(12-14)21(15)13-17-18(2,3)19(17,4)5/h14-17,20H,6-13H2,1-5H3. The lowest BCUT2D eigenvalue weighted by molar-refractivity contribution is 0.0168. The molecular formula is C19H36N2. The Morgan fingerprint density at radius 3 is 2.05 bits per heavy atom. The van der Waals surface area contributed by atoms with Gasteiger partial charge in [-0.3, -0.25) is 4.90 Å². The maximum Gasteiger partial charge on any atom is 0.0113 e. The molecule has 0 spiro atoms. The van der Waals surface area contributed by atoms with Crippen LogP contribution in [0.2, 0.25) is 0 Å². The topological polar surface area (TPSA) is 15.3 Å². The summed E-state index contributed by atoms with van der Waals surface area (Å²) in [5, 5.41) is 3.80. The van der Waals surface area contributed by atoms with E-state index >= 15 is 0 Å². The molecule has 0 aromatic heterocycles. The number of hydrogen-bond acceptors (Lipinski definition) is 2. The van der Waals surface area contributed by atoms with E-state index in [0.29, 0.717) is 10.8 Å². The van der Waals surface area contributed by atoms with Gasteiger partial charge in [-0.25, -0.2) is 0 Å². The average Bonchev–Trinajstić information content (AvgIpc) is 2.79. The first-order chi connectivity index (χ1) is 9.88. The highest BCUT2D eigenvalue weighted by Crippen LogP contribution is 2.68. The molecular weight excluding hydrogens is 256 g/mol. The molecule has 2 heteroatoms. The second-order valence-corrected chi connectivity index (χ2v) is 9.05. The minimum Gasteiger partial charge on any atom is -0.314 e. The summed E-state index contributed by atoms with van der Waals surface area (Å²) in [6.07, 6.45) is 8.39. The van der Waals surface area contributed by atoms with Gasteiger partial charge >= 0.3 is 0 Å². The molecule has 2 aliphatic heterocycles. The monoisotopic (exact) mass is 292 g/mol. The van der Waals surface area contributed by atoms with E-state index in [-0.39, 0.29) is 0 Å². The van der Waals surface area contributed by atoms with Crippen molar-refractivity contribution >= 4 is 0 Å². The molecule has 0 radical (unpaired) electrons. The third-order valence-corrected chi connectivity index (χ3v) is 7.52. The maximum atomic E-state index is 3.80. The van der Waals surface area contributed by atoms with Gasteiger partial charge in [0.15, 0.2) is 0 Å². The Bertz CT molecular complexity index is 346. The van der Waals surface area contributed by atoms with Crippen molar-refractivity contribution in [2.75, 3.05) is 13.1 Å². The minimum absolute atomic E-state index is 0.540. The SMILES string of the molecule is CCCNC1CC2CCCC(C1)N2CC1C(C)(C)C1(C)C. The van der Waals surface area contributed by atoms with Crippen molar-refractivity contribution in [1.29, 1.82) is 0 Å². The van der Waals surface area contributed by atoms with E-state index in [1.807, 2.05) is 0 Å². The molecule has 3 fully saturated rings. The smallest absolute Gasteiger partial charge is 0.0113 e. The first-order valence-electron chi connectivity index (χ1n) is 9.37. The van der Waals surface area contributed by atoms with Crippen molar-refractivity contribution in [2.24, 2.45) is 16.7 Å². The van der Waals surface area contributed by atoms with Gasteiger partial charge in [0.05, 0.1) is 0 Å². The van der Waals surface area contributed by atoms with Crippen LogP contribution in [0.25, 0.3) is 0 Å². The highest BCUT2D eigenvalue weighted by Gasteiger charge is 2.65. The summed E-state index contributed by atoms with van der Waals surface area (Å²) in [4.78, 5) is 2.93. The summed E-state index contributed by atoms with van der Waals surface area (Å²) in [6, 6.07) is 2.51. The molecule has 3 rings (SSSR count). The lowest BCUT2D eigenvalue weighted by atomic mass is 9.81. The van der Waals surface area contributed by atoms with Gasteiger partial charge in [-0.1, -0.05) is 41.0 Å². The molecule has 0 amide bonds. The normalized spacial score (nSPS) is 38.4. The van der Waals surface area contributed by atoms with Crippen molar-refractivity contribution in [3.63, 3.8) is 0 Å². The zero-order valence-corrected chi connectivity index (χ0v) is 14.9. The van der Waals surface area contributed by atoms with E-state index < -0.39 is 0 Å². The molecule has 3 aliphatic rings. The Labute approximate surface area is 132 Å². The fourth-order valence-corrected chi connectivity index (χ4v) is 5.29. The maximum absolute atomic E-state index is 3.80. The molecule has 2 saturated heterocycles. The highest BCUT2D eigenvalue weighted by atomic mass is 15.2. The van der Waals surface area contributed by atoms with Crippen LogP contribution in [0, 0.1) is 16.7 Å². The van der Waals surface area contributed by atoms with Crippen molar-refractivity contribution in [1.82, 2.24) is 10.2 Å². The van der Waals surface area contributed by atoms with Gasteiger partial charge in [-0.2, -0.15) is 0 Å². The van der Waals surface area contributed by atoms with Crippen molar-refractivity contribution < 1.29 is 0 Å². The zero-order chi connectivity index (χ0) is 15.3. The van der Waals surface area contributed by atoms with Gasteiger partial charge < -0.3 is 5.32 Å². The van der Waals surface area contributed by atoms with E-state index in [9.17, 15) is 0 Å². The van der Waals surface area contributed by atoms with Crippen LogP contribution in [0.5, 0.6) is 0 Å². The van der Waals surface area contributed by atoms with Crippen LogP contribution in [0.3, 0.4) is 0 Å². The van der Waals surface area contributed by atoms with Gasteiger partial charge in [-0.15, -0.1) is 0 Å². The molecule has 2 atom stereocenters. The third-order valence-electron chi connectivity index (χ3n) is 7.52. The molecule has 0 aromatic carbocycles. The van der Waals surface area contributed by atoms with Crippen LogP contribution in [-0.2, 0) is 0 Å². The predicted molar refractivity (Wildman–Crippen MR) is 90.5 cm³/mol.